The van der Waals surface area contributed by atoms with Crippen molar-refractivity contribution in [3.63, 3.8) is 0 Å². The fourth-order valence-corrected chi connectivity index (χ4v) is 2.87. The van der Waals surface area contributed by atoms with Crippen LogP contribution in [0.1, 0.15) is 15.4 Å². The Hall–Kier alpha value is -2.29. The van der Waals surface area contributed by atoms with Gasteiger partial charge in [0.25, 0.3) is 0 Å². The lowest BCUT2D eigenvalue weighted by Crippen LogP contribution is -2.37. The SMILES string of the molecule is CN=C(NCCc1ncc(C)s1)NCc1ccc(OCC(F)(F)F)cc1. The average Bonchev–Trinajstić information content (AvgIpc) is 3.01. The molecule has 2 N–H and O–H groups in total. The monoisotopic (exact) mass is 386 g/mol. The molecule has 0 fully saturated rings. The van der Waals surface area contributed by atoms with E-state index >= 15 is 0 Å². The van der Waals surface area contributed by atoms with Crippen molar-refractivity contribution in [1.29, 1.82) is 0 Å². The summed E-state index contributed by atoms with van der Waals surface area (Å²) in [5.41, 5.74) is 0.905. The van der Waals surface area contributed by atoms with Gasteiger partial charge in [-0.05, 0) is 24.6 Å². The predicted molar refractivity (Wildman–Crippen MR) is 96.7 cm³/mol. The van der Waals surface area contributed by atoms with Crippen molar-refractivity contribution < 1.29 is 17.9 Å². The summed E-state index contributed by atoms with van der Waals surface area (Å²) in [4.78, 5) is 9.63. The first-order chi connectivity index (χ1) is 12.4. The molecule has 2 aromatic rings. The lowest BCUT2D eigenvalue weighted by atomic mass is 10.2. The number of nitrogens with zero attached hydrogens (tertiary/aromatic N) is 2. The molecular formula is C17H21F3N4OS. The summed E-state index contributed by atoms with van der Waals surface area (Å²) in [5.74, 6) is 0.836. The number of rotatable bonds is 7. The van der Waals surface area contributed by atoms with Crippen LogP contribution in [-0.4, -0.2) is 37.3 Å². The van der Waals surface area contributed by atoms with Crippen LogP contribution >= 0.6 is 11.3 Å². The molecule has 0 amide bonds. The van der Waals surface area contributed by atoms with Crippen LogP contribution in [0.4, 0.5) is 13.2 Å². The average molecular weight is 386 g/mol. The van der Waals surface area contributed by atoms with Gasteiger partial charge in [-0.15, -0.1) is 11.3 Å². The topological polar surface area (TPSA) is 58.5 Å². The maximum absolute atomic E-state index is 12.1. The van der Waals surface area contributed by atoms with Crippen molar-refractivity contribution in [3.8, 4) is 5.75 Å². The smallest absolute Gasteiger partial charge is 0.422 e. The van der Waals surface area contributed by atoms with E-state index in [0.717, 1.165) is 17.0 Å². The number of alkyl halides is 3. The molecule has 0 aliphatic heterocycles. The highest BCUT2D eigenvalue weighted by atomic mass is 32.1. The fourth-order valence-electron chi connectivity index (χ4n) is 2.08. The highest BCUT2D eigenvalue weighted by Crippen LogP contribution is 2.18. The number of thiazole rings is 1. The Labute approximate surface area is 154 Å². The fraction of sp³-hybridized carbons (Fsp3) is 0.412. The first-order valence-corrected chi connectivity index (χ1v) is 8.81. The van der Waals surface area contributed by atoms with E-state index in [1.165, 1.54) is 17.0 Å². The third kappa shape index (κ3) is 7.30. The lowest BCUT2D eigenvalue weighted by Gasteiger charge is -2.12. The Kier molecular flexibility index (Phi) is 7.26. The number of hydrogen-bond donors (Lipinski definition) is 2. The largest absolute Gasteiger partial charge is 0.484 e. The number of aliphatic imine (C=N–C) groups is 1. The molecule has 1 aromatic carbocycles. The standard InChI is InChI=1S/C17H21F3N4OS/c1-12-9-23-15(26-12)7-8-22-16(21-2)24-10-13-3-5-14(6-4-13)25-11-17(18,19)20/h3-6,9H,7-8,10-11H2,1-2H3,(H2,21,22,24). The molecule has 0 saturated carbocycles. The zero-order valence-corrected chi connectivity index (χ0v) is 15.4. The van der Waals surface area contributed by atoms with Gasteiger partial charge in [0, 0.05) is 37.6 Å². The van der Waals surface area contributed by atoms with E-state index in [-0.39, 0.29) is 5.75 Å². The molecule has 0 spiro atoms. The molecule has 142 valence electrons. The summed E-state index contributed by atoms with van der Waals surface area (Å²) in [6.07, 6.45) is -1.67. The van der Waals surface area contributed by atoms with Crippen molar-refractivity contribution in [2.45, 2.75) is 26.1 Å². The molecule has 0 atom stereocenters. The maximum Gasteiger partial charge on any atom is 0.422 e. The predicted octanol–water partition coefficient (Wildman–Crippen LogP) is 3.30. The molecule has 5 nitrogen and oxygen atoms in total. The van der Waals surface area contributed by atoms with E-state index in [1.807, 2.05) is 13.1 Å². The van der Waals surface area contributed by atoms with Crippen molar-refractivity contribution >= 4 is 17.3 Å². The van der Waals surface area contributed by atoms with Gasteiger partial charge >= 0.3 is 6.18 Å². The number of nitrogens with one attached hydrogen (secondary N) is 2. The van der Waals surface area contributed by atoms with Crippen LogP contribution in [0.25, 0.3) is 0 Å². The van der Waals surface area contributed by atoms with Crippen LogP contribution in [0, 0.1) is 6.92 Å². The molecule has 0 radical (unpaired) electrons. The highest BCUT2D eigenvalue weighted by Gasteiger charge is 2.28. The Morgan fingerprint density at radius 3 is 2.54 bits per heavy atom. The second-order valence-electron chi connectivity index (χ2n) is 5.51. The second-order valence-corrected chi connectivity index (χ2v) is 6.83. The molecule has 9 heteroatoms. The van der Waals surface area contributed by atoms with E-state index in [1.54, 1.807) is 30.5 Å². The van der Waals surface area contributed by atoms with Crippen molar-refractivity contribution in [1.82, 2.24) is 15.6 Å². The third-order valence-corrected chi connectivity index (χ3v) is 4.28. The van der Waals surface area contributed by atoms with Crippen molar-refractivity contribution in [2.75, 3.05) is 20.2 Å². The van der Waals surface area contributed by atoms with Crippen molar-refractivity contribution in [3.05, 3.63) is 45.9 Å². The summed E-state index contributed by atoms with van der Waals surface area (Å²) >= 11 is 1.67. The van der Waals surface area contributed by atoms with Gasteiger partial charge in [-0.2, -0.15) is 13.2 Å². The summed E-state index contributed by atoms with van der Waals surface area (Å²) in [5, 5.41) is 7.42. The number of ether oxygens (including phenoxy) is 1. The molecule has 1 heterocycles. The van der Waals surface area contributed by atoms with E-state index in [0.29, 0.717) is 19.0 Å². The quantitative estimate of drug-likeness (QED) is 0.566. The zero-order valence-electron chi connectivity index (χ0n) is 14.6. The number of guanidine groups is 1. The number of benzene rings is 1. The number of aromatic nitrogens is 1. The van der Waals surface area contributed by atoms with Crippen LogP contribution in [0.3, 0.4) is 0 Å². The first kappa shape index (κ1) is 20.0. The lowest BCUT2D eigenvalue weighted by molar-refractivity contribution is -0.153. The maximum atomic E-state index is 12.1. The number of halogens is 3. The Morgan fingerprint density at radius 2 is 1.96 bits per heavy atom. The number of aryl methyl sites for hydroxylation is 1. The van der Waals surface area contributed by atoms with Crippen LogP contribution in [0.5, 0.6) is 5.75 Å². The van der Waals surface area contributed by atoms with Gasteiger partial charge in [0.05, 0.1) is 5.01 Å². The minimum Gasteiger partial charge on any atom is -0.484 e. The first-order valence-electron chi connectivity index (χ1n) is 8.00. The van der Waals surface area contributed by atoms with Crippen molar-refractivity contribution in [2.24, 2.45) is 4.99 Å². The Morgan fingerprint density at radius 1 is 1.23 bits per heavy atom. The molecular weight excluding hydrogens is 365 g/mol. The molecule has 0 unspecified atom stereocenters. The second kappa shape index (κ2) is 9.42. The molecule has 0 aliphatic carbocycles. The van der Waals surface area contributed by atoms with Crippen LogP contribution in [0.2, 0.25) is 0 Å². The molecule has 1 aromatic heterocycles. The summed E-state index contributed by atoms with van der Waals surface area (Å²) in [7, 11) is 1.68. The normalized spacial score (nSPS) is 12.1. The minimum absolute atomic E-state index is 0.187. The van der Waals surface area contributed by atoms with Crippen LogP contribution < -0.4 is 15.4 Å². The van der Waals surface area contributed by atoms with E-state index < -0.39 is 12.8 Å². The van der Waals surface area contributed by atoms with Gasteiger partial charge in [-0.1, -0.05) is 12.1 Å². The highest BCUT2D eigenvalue weighted by molar-refractivity contribution is 7.11. The van der Waals surface area contributed by atoms with Crippen LogP contribution in [-0.2, 0) is 13.0 Å². The molecule has 0 aliphatic rings. The van der Waals surface area contributed by atoms with E-state index in [4.69, 9.17) is 0 Å². The summed E-state index contributed by atoms with van der Waals surface area (Å²) < 4.78 is 41.0. The van der Waals surface area contributed by atoms with Gasteiger partial charge in [-0.3, -0.25) is 4.99 Å². The van der Waals surface area contributed by atoms with E-state index in [9.17, 15) is 13.2 Å². The molecule has 26 heavy (non-hydrogen) atoms. The Balaban J connectivity index is 1.73. The summed E-state index contributed by atoms with van der Waals surface area (Å²) in [6, 6.07) is 6.46. The van der Waals surface area contributed by atoms with Gasteiger partial charge < -0.3 is 15.4 Å². The van der Waals surface area contributed by atoms with Gasteiger partial charge in [0.2, 0.25) is 0 Å². The summed E-state index contributed by atoms with van der Waals surface area (Å²) in [6.45, 7) is 1.93. The van der Waals surface area contributed by atoms with Gasteiger partial charge in [0.1, 0.15) is 5.75 Å². The molecule has 2 rings (SSSR count). The molecule has 0 saturated heterocycles. The zero-order chi connectivity index (χ0) is 19.0. The van der Waals surface area contributed by atoms with Crippen LogP contribution in [0.15, 0.2) is 35.5 Å². The Bertz CT molecular complexity index is 714. The van der Waals surface area contributed by atoms with E-state index in [2.05, 4.69) is 25.3 Å². The molecule has 0 bridgehead atoms. The van der Waals surface area contributed by atoms with Gasteiger partial charge in [-0.25, -0.2) is 4.98 Å². The van der Waals surface area contributed by atoms with Gasteiger partial charge in [0.15, 0.2) is 12.6 Å². The third-order valence-electron chi connectivity index (χ3n) is 3.31. The minimum atomic E-state index is -4.34. The number of hydrogen-bond acceptors (Lipinski definition) is 4.